The summed E-state index contributed by atoms with van der Waals surface area (Å²) >= 11 is 0. The normalized spacial score (nSPS) is 12.0. The summed E-state index contributed by atoms with van der Waals surface area (Å²) in [6.07, 6.45) is 12.9. The van der Waals surface area contributed by atoms with Crippen molar-refractivity contribution in [3.05, 3.63) is 132 Å². The molecule has 0 aliphatic carbocycles. The minimum absolute atomic E-state index is 0.956. The van der Waals surface area contributed by atoms with Gasteiger partial charge in [0.05, 0.1) is 0 Å². The third-order valence-electron chi connectivity index (χ3n) is 7.33. The topological polar surface area (TPSA) is 9.72 Å². The van der Waals surface area contributed by atoms with E-state index in [1.165, 1.54) is 16.8 Å². The number of allylic oxidation sites excluding steroid dienone is 5. The Morgan fingerprint density at radius 1 is 0.700 bits per heavy atom. The van der Waals surface area contributed by atoms with E-state index < -0.39 is 0 Å². The van der Waals surface area contributed by atoms with E-state index in [0.29, 0.717) is 0 Å². The first-order chi connectivity index (χ1) is 19.5. The number of hydrogen-bond acceptors (Lipinski definition) is 3. The van der Waals surface area contributed by atoms with Gasteiger partial charge < -0.3 is 14.7 Å². The van der Waals surface area contributed by atoms with Gasteiger partial charge in [-0.3, -0.25) is 0 Å². The number of benzene rings is 3. The van der Waals surface area contributed by atoms with Gasteiger partial charge >= 0.3 is 0 Å². The zero-order valence-electron chi connectivity index (χ0n) is 25.2. The third-order valence-corrected chi connectivity index (χ3v) is 7.33. The van der Waals surface area contributed by atoms with Crippen molar-refractivity contribution in [1.29, 1.82) is 0 Å². The van der Waals surface area contributed by atoms with Crippen LogP contribution >= 0.6 is 0 Å². The molecule has 0 saturated heterocycles. The van der Waals surface area contributed by atoms with Crippen LogP contribution in [0.15, 0.2) is 121 Å². The van der Waals surface area contributed by atoms with Crippen molar-refractivity contribution in [2.45, 2.75) is 47.5 Å². The number of nitrogens with zero attached hydrogens (tertiary/aromatic N) is 3. The van der Waals surface area contributed by atoms with E-state index in [0.717, 1.165) is 61.8 Å². The molecular weight excluding hydrogens is 486 g/mol. The van der Waals surface area contributed by atoms with Crippen LogP contribution in [0.5, 0.6) is 0 Å². The lowest BCUT2D eigenvalue weighted by molar-refractivity contribution is 0.395. The second-order valence-electron chi connectivity index (χ2n) is 9.82. The second-order valence-corrected chi connectivity index (χ2v) is 9.82. The van der Waals surface area contributed by atoms with Crippen LogP contribution in [0.1, 0.15) is 52.2 Å². The lowest BCUT2D eigenvalue weighted by atomic mass is 10.1. The Morgan fingerprint density at radius 2 is 1.27 bits per heavy atom. The van der Waals surface area contributed by atoms with Crippen molar-refractivity contribution in [1.82, 2.24) is 4.90 Å². The summed E-state index contributed by atoms with van der Waals surface area (Å²) < 4.78 is 0. The SMILES string of the molecule is C=C/C(=C\C=C(/C)N(c1ccc(/C=C/CCc2ccccc2)cc1)c1ccc(N(CC)CC)cc1)N(CC)CC. The minimum atomic E-state index is 0.956. The van der Waals surface area contributed by atoms with Gasteiger partial charge in [-0.1, -0.05) is 61.2 Å². The van der Waals surface area contributed by atoms with Crippen molar-refractivity contribution in [3.8, 4) is 0 Å². The standard InChI is InChI=1S/C37H47N3/c1-7-34(38(8-2)9-3)24-21-31(6)40(37-29-27-35(28-30-37)39(10-4)11-5)36-25-22-33(23-26-36)20-16-15-19-32-17-13-12-14-18-32/h7,12-14,16-18,20-30H,1,8-11,15,19H2,2-6H3/b20-16+,31-21+,34-24+. The fraction of sp³-hybridized carbons (Fsp3) is 0.297. The highest BCUT2D eigenvalue weighted by atomic mass is 15.2. The summed E-state index contributed by atoms with van der Waals surface area (Å²) in [5.74, 6) is 0. The molecule has 0 aliphatic heterocycles. The van der Waals surface area contributed by atoms with Crippen LogP contribution in [-0.4, -0.2) is 31.1 Å². The molecule has 3 heteroatoms. The predicted molar refractivity (Wildman–Crippen MR) is 177 cm³/mol. The molecule has 0 radical (unpaired) electrons. The Balaban J connectivity index is 1.88. The molecule has 3 aromatic carbocycles. The maximum absolute atomic E-state index is 4.05. The smallest absolute Gasteiger partial charge is 0.0459 e. The molecule has 3 nitrogen and oxygen atoms in total. The molecule has 0 N–H and O–H groups in total. The molecule has 3 rings (SSSR count). The van der Waals surface area contributed by atoms with Gasteiger partial charge in [0.2, 0.25) is 0 Å². The maximum Gasteiger partial charge on any atom is 0.0459 e. The molecule has 0 heterocycles. The molecular formula is C37H47N3. The van der Waals surface area contributed by atoms with Crippen LogP contribution < -0.4 is 9.80 Å². The fourth-order valence-electron chi connectivity index (χ4n) is 4.98. The first-order valence-electron chi connectivity index (χ1n) is 14.8. The third kappa shape index (κ3) is 8.51. The number of anilines is 3. The van der Waals surface area contributed by atoms with E-state index in [2.05, 4.69) is 159 Å². The summed E-state index contributed by atoms with van der Waals surface area (Å²) in [6, 6.07) is 28.4. The van der Waals surface area contributed by atoms with Crippen LogP contribution in [0, 0.1) is 0 Å². The van der Waals surface area contributed by atoms with Crippen molar-refractivity contribution >= 4 is 23.1 Å². The zero-order valence-corrected chi connectivity index (χ0v) is 25.2. The second kappa shape index (κ2) is 16.2. The van der Waals surface area contributed by atoms with Crippen LogP contribution in [0.4, 0.5) is 17.1 Å². The Kier molecular flexibility index (Phi) is 12.4. The van der Waals surface area contributed by atoms with Gasteiger partial charge in [0.1, 0.15) is 0 Å². The van der Waals surface area contributed by atoms with Gasteiger partial charge in [0.25, 0.3) is 0 Å². The maximum atomic E-state index is 4.05. The van der Waals surface area contributed by atoms with Gasteiger partial charge in [-0.15, -0.1) is 0 Å². The Hall–Kier alpha value is -3.98. The van der Waals surface area contributed by atoms with E-state index in [1.807, 2.05) is 6.08 Å². The first-order valence-corrected chi connectivity index (χ1v) is 14.8. The number of aryl methyl sites for hydroxylation is 1. The van der Waals surface area contributed by atoms with Crippen molar-refractivity contribution in [2.75, 3.05) is 36.0 Å². The largest absolute Gasteiger partial charge is 0.372 e. The molecule has 0 spiro atoms. The molecule has 0 unspecified atom stereocenters. The molecule has 0 saturated carbocycles. The average Bonchev–Trinajstić information content (AvgIpc) is 3.00. The van der Waals surface area contributed by atoms with E-state index in [-0.39, 0.29) is 0 Å². The predicted octanol–water partition coefficient (Wildman–Crippen LogP) is 9.63. The van der Waals surface area contributed by atoms with Gasteiger partial charge in [-0.2, -0.15) is 0 Å². The van der Waals surface area contributed by atoms with Crippen LogP contribution in [0.25, 0.3) is 6.08 Å². The highest BCUT2D eigenvalue weighted by molar-refractivity contribution is 5.71. The number of rotatable bonds is 15. The Labute approximate surface area is 243 Å². The highest BCUT2D eigenvalue weighted by Gasteiger charge is 2.13. The summed E-state index contributed by atoms with van der Waals surface area (Å²) in [4.78, 5) is 7.02. The molecule has 0 aliphatic rings. The van der Waals surface area contributed by atoms with Gasteiger partial charge in [-0.25, -0.2) is 0 Å². The Bertz CT molecular complexity index is 1240. The molecule has 3 aromatic rings. The van der Waals surface area contributed by atoms with E-state index in [9.17, 15) is 0 Å². The zero-order chi connectivity index (χ0) is 28.7. The lowest BCUT2D eigenvalue weighted by Crippen LogP contribution is -2.22. The van der Waals surface area contributed by atoms with Crippen LogP contribution in [0.3, 0.4) is 0 Å². The quantitative estimate of drug-likeness (QED) is 0.180. The summed E-state index contributed by atoms with van der Waals surface area (Å²) in [5, 5.41) is 0. The van der Waals surface area contributed by atoms with Gasteiger partial charge in [-0.05, 0) is 113 Å². The van der Waals surface area contributed by atoms with E-state index in [1.54, 1.807) is 0 Å². The molecule has 0 atom stereocenters. The van der Waals surface area contributed by atoms with Crippen molar-refractivity contribution < 1.29 is 0 Å². The lowest BCUT2D eigenvalue weighted by Gasteiger charge is -2.28. The fourth-order valence-corrected chi connectivity index (χ4v) is 4.98. The van der Waals surface area contributed by atoms with Crippen molar-refractivity contribution in [3.63, 3.8) is 0 Å². The monoisotopic (exact) mass is 533 g/mol. The molecule has 210 valence electrons. The van der Waals surface area contributed by atoms with Crippen molar-refractivity contribution in [2.24, 2.45) is 0 Å². The summed E-state index contributed by atoms with van der Waals surface area (Å²) in [6.45, 7) is 18.9. The first kappa shape index (κ1) is 30.6. The molecule has 40 heavy (non-hydrogen) atoms. The van der Waals surface area contributed by atoms with Gasteiger partial charge in [0.15, 0.2) is 0 Å². The average molecular weight is 534 g/mol. The number of likely N-dealkylation sites (N-methyl/N-ethyl adjacent to an activating group) is 1. The Morgan fingerprint density at radius 3 is 1.82 bits per heavy atom. The van der Waals surface area contributed by atoms with Crippen LogP contribution in [0.2, 0.25) is 0 Å². The molecule has 0 fully saturated rings. The van der Waals surface area contributed by atoms with Gasteiger partial charge in [0, 0.05) is 54.6 Å². The van der Waals surface area contributed by atoms with Crippen LogP contribution in [-0.2, 0) is 6.42 Å². The molecule has 0 aromatic heterocycles. The molecule has 0 bridgehead atoms. The summed E-state index contributed by atoms with van der Waals surface area (Å²) in [7, 11) is 0. The summed E-state index contributed by atoms with van der Waals surface area (Å²) in [5.41, 5.74) is 8.41. The number of hydrogen-bond donors (Lipinski definition) is 0. The highest BCUT2D eigenvalue weighted by Crippen LogP contribution is 2.32. The minimum Gasteiger partial charge on any atom is -0.372 e. The molecule has 0 amide bonds. The van der Waals surface area contributed by atoms with E-state index in [4.69, 9.17) is 0 Å². The van der Waals surface area contributed by atoms with E-state index >= 15 is 0 Å².